The van der Waals surface area contributed by atoms with Gasteiger partial charge >= 0.3 is 0 Å². The third kappa shape index (κ3) is 3.08. The largest absolute Gasteiger partial charge is 0.486 e. The highest BCUT2D eigenvalue weighted by Crippen LogP contribution is 2.44. The second kappa shape index (κ2) is 7.22. The Kier molecular flexibility index (Phi) is 4.89. The minimum atomic E-state index is -1.89. The molecule has 0 saturated carbocycles. The van der Waals surface area contributed by atoms with Crippen LogP contribution in [0.1, 0.15) is 35.7 Å². The van der Waals surface area contributed by atoms with Crippen LogP contribution in [0.2, 0.25) is 0 Å². The maximum atomic E-state index is 13.0. The van der Waals surface area contributed by atoms with Crippen LogP contribution in [0.3, 0.4) is 0 Å². The molecule has 0 bridgehead atoms. The number of aliphatic hydroxyl groups is 1. The first-order valence-electron chi connectivity index (χ1n) is 9.21. The first kappa shape index (κ1) is 19.0. The Bertz CT molecular complexity index is 960. The molecule has 0 saturated heterocycles. The first-order chi connectivity index (χ1) is 13.4. The first-order valence-corrected chi connectivity index (χ1v) is 10.0. The molecule has 0 aromatic heterocycles. The minimum Gasteiger partial charge on any atom is -0.486 e. The fourth-order valence-electron chi connectivity index (χ4n) is 3.69. The molecule has 2 aromatic carbocycles. The lowest BCUT2D eigenvalue weighted by molar-refractivity contribution is -0.135. The average Bonchev–Trinajstić information content (AvgIpc) is 2.89. The van der Waals surface area contributed by atoms with E-state index in [0.717, 1.165) is 10.9 Å². The number of hydrogen-bond donors (Lipinski definition) is 1. The molecule has 4 rings (SSSR count). The molecular formula is C21H20BrNO5. The zero-order valence-corrected chi connectivity index (χ0v) is 17.0. The highest BCUT2D eigenvalue weighted by Gasteiger charge is 2.50. The molecule has 7 heteroatoms. The number of amides is 1. The summed E-state index contributed by atoms with van der Waals surface area (Å²) in [7, 11) is 0. The van der Waals surface area contributed by atoms with E-state index in [1.54, 1.807) is 35.2 Å². The number of halogens is 1. The van der Waals surface area contributed by atoms with Crippen LogP contribution in [-0.4, -0.2) is 36.6 Å². The number of benzene rings is 2. The summed E-state index contributed by atoms with van der Waals surface area (Å²) in [6.45, 7) is 3.32. The maximum absolute atomic E-state index is 13.0. The number of anilines is 1. The van der Waals surface area contributed by atoms with E-state index >= 15 is 0 Å². The number of rotatable bonds is 5. The van der Waals surface area contributed by atoms with Crippen LogP contribution in [0.15, 0.2) is 40.9 Å². The number of Topliss-reactive ketones (excluding diaryl/α,β-unsaturated/α-hetero) is 1. The monoisotopic (exact) mass is 445 g/mol. The van der Waals surface area contributed by atoms with Gasteiger partial charge in [-0.25, -0.2) is 0 Å². The summed E-state index contributed by atoms with van der Waals surface area (Å²) in [4.78, 5) is 27.6. The summed E-state index contributed by atoms with van der Waals surface area (Å²) in [5, 5.41) is 11.3. The van der Waals surface area contributed by atoms with Crippen LogP contribution in [0.25, 0.3) is 0 Å². The Labute approximate surface area is 171 Å². The number of fused-ring (bicyclic) bond motifs is 2. The molecule has 28 heavy (non-hydrogen) atoms. The van der Waals surface area contributed by atoms with Crippen LogP contribution >= 0.6 is 15.9 Å². The molecule has 0 fully saturated rings. The van der Waals surface area contributed by atoms with E-state index in [4.69, 9.17) is 9.47 Å². The van der Waals surface area contributed by atoms with Crippen molar-refractivity contribution in [2.75, 3.05) is 24.7 Å². The van der Waals surface area contributed by atoms with E-state index in [0.29, 0.717) is 48.1 Å². The predicted octanol–water partition coefficient (Wildman–Crippen LogP) is 3.44. The Morgan fingerprint density at radius 3 is 2.68 bits per heavy atom. The Balaban J connectivity index is 1.67. The normalized spacial score (nSPS) is 20.2. The van der Waals surface area contributed by atoms with Crippen molar-refractivity contribution in [2.24, 2.45) is 0 Å². The molecule has 1 atom stereocenters. The van der Waals surface area contributed by atoms with Crippen LogP contribution in [0, 0.1) is 0 Å². The lowest BCUT2D eigenvalue weighted by Gasteiger charge is -2.23. The van der Waals surface area contributed by atoms with Crippen molar-refractivity contribution in [3.05, 3.63) is 52.0 Å². The fourth-order valence-corrected chi connectivity index (χ4v) is 4.05. The van der Waals surface area contributed by atoms with Gasteiger partial charge in [0.2, 0.25) is 0 Å². The highest BCUT2D eigenvalue weighted by atomic mass is 79.9. The van der Waals surface area contributed by atoms with Gasteiger partial charge in [-0.15, -0.1) is 0 Å². The van der Waals surface area contributed by atoms with E-state index in [1.807, 2.05) is 13.0 Å². The standard InChI is InChI=1S/C21H20BrNO5/c1-2-7-23-16-5-4-14(22)11-15(16)21(26,20(23)25)12-17(24)13-3-6-18-19(10-13)28-9-8-27-18/h3-6,10-11,26H,2,7-9,12H2,1H3/t21-/m1/s1. The second-order valence-corrected chi connectivity index (χ2v) is 7.85. The molecule has 2 heterocycles. The van der Waals surface area contributed by atoms with Crippen molar-refractivity contribution in [1.29, 1.82) is 0 Å². The Morgan fingerprint density at radius 1 is 1.18 bits per heavy atom. The summed E-state index contributed by atoms with van der Waals surface area (Å²) >= 11 is 3.39. The van der Waals surface area contributed by atoms with Crippen LogP contribution in [0.5, 0.6) is 11.5 Å². The van der Waals surface area contributed by atoms with Gasteiger partial charge in [-0.2, -0.15) is 0 Å². The molecule has 1 amide bonds. The molecule has 0 aliphatic carbocycles. The van der Waals surface area contributed by atoms with E-state index in [9.17, 15) is 14.7 Å². The Morgan fingerprint density at radius 2 is 1.93 bits per heavy atom. The van der Waals surface area contributed by atoms with Crippen LogP contribution in [0.4, 0.5) is 5.69 Å². The van der Waals surface area contributed by atoms with Crippen LogP contribution in [-0.2, 0) is 10.4 Å². The number of ketones is 1. The third-order valence-electron chi connectivity index (χ3n) is 5.02. The van der Waals surface area contributed by atoms with Crippen molar-refractivity contribution in [3.8, 4) is 11.5 Å². The topological polar surface area (TPSA) is 76.1 Å². The average molecular weight is 446 g/mol. The summed E-state index contributed by atoms with van der Waals surface area (Å²) in [6, 6.07) is 10.2. The van der Waals surface area contributed by atoms with Crippen molar-refractivity contribution in [2.45, 2.75) is 25.4 Å². The predicted molar refractivity (Wildman–Crippen MR) is 107 cm³/mol. The number of carbonyl (C=O) groups excluding carboxylic acids is 2. The van der Waals surface area contributed by atoms with Gasteiger partial charge in [0.25, 0.3) is 5.91 Å². The molecule has 6 nitrogen and oxygen atoms in total. The van der Waals surface area contributed by atoms with Gasteiger partial charge in [0.15, 0.2) is 22.9 Å². The van der Waals surface area contributed by atoms with E-state index < -0.39 is 11.5 Å². The van der Waals surface area contributed by atoms with Crippen molar-refractivity contribution < 1.29 is 24.2 Å². The zero-order valence-electron chi connectivity index (χ0n) is 15.4. The number of carbonyl (C=O) groups is 2. The molecule has 0 radical (unpaired) electrons. The maximum Gasteiger partial charge on any atom is 0.264 e. The summed E-state index contributed by atoms with van der Waals surface area (Å²) in [5.74, 6) is 0.282. The number of ether oxygens (including phenoxy) is 2. The summed E-state index contributed by atoms with van der Waals surface area (Å²) < 4.78 is 11.7. The van der Waals surface area contributed by atoms with E-state index in [2.05, 4.69) is 15.9 Å². The van der Waals surface area contributed by atoms with Gasteiger partial charge in [0.1, 0.15) is 13.2 Å². The highest BCUT2D eigenvalue weighted by molar-refractivity contribution is 9.10. The van der Waals surface area contributed by atoms with Gasteiger partial charge in [0.05, 0.1) is 12.1 Å². The molecule has 1 N–H and O–H groups in total. The third-order valence-corrected chi connectivity index (χ3v) is 5.51. The van der Waals surface area contributed by atoms with Crippen molar-refractivity contribution >= 4 is 33.3 Å². The fraction of sp³-hybridized carbons (Fsp3) is 0.333. The molecule has 0 spiro atoms. The lowest BCUT2D eigenvalue weighted by atomic mass is 9.88. The van der Waals surface area contributed by atoms with Gasteiger partial charge < -0.3 is 19.5 Å². The number of nitrogens with zero attached hydrogens (tertiary/aromatic N) is 1. The quantitative estimate of drug-likeness (QED) is 0.713. The molecule has 2 aliphatic heterocycles. The van der Waals surface area contributed by atoms with Gasteiger partial charge in [0, 0.05) is 22.1 Å². The molecule has 2 aromatic rings. The minimum absolute atomic E-state index is 0.336. The lowest BCUT2D eigenvalue weighted by Crippen LogP contribution is -2.42. The molecular weight excluding hydrogens is 426 g/mol. The van der Waals surface area contributed by atoms with Crippen LogP contribution < -0.4 is 14.4 Å². The Hall–Kier alpha value is -2.38. The zero-order chi connectivity index (χ0) is 19.9. The van der Waals surface area contributed by atoms with Gasteiger partial charge in [-0.05, 0) is 42.8 Å². The van der Waals surface area contributed by atoms with Crippen molar-refractivity contribution in [3.63, 3.8) is 0 Å². The van der Waals surface area contributed by atoms with Gasteiger partial charge in [-0.3, -0.25) is 9.59 Å². The molecule has 146 valence electrons. The second-order valence-electron chi connectivity index (χ2n) is 6.94. The summed E-state index contributed by atoms with van der Waals surface area (Å²) in [6.07, 6.45) is 0.405. The smallest absolute Gasteiger partial charge is 0.264 e. The molecule has 0 unspecified atom stereocenters. The number of hydrogen-bond acceptors (Lipinski definition) is 5. The van der Waals surface area contributed by atoms with E-state index in [-0.39, 0.29) is 12.2 Å². The van der Waals surface area contributed by atoms with Gasteiger partial charge in [-0.1, -0.05) is 22.9 Å². The molecule has 2 aliphatic rings. The SMILES string of the molecule is CCCN1C(=O)[C@@](O)(CC(=O)c2ccc3c(c2)OCCO3)c2cc(Br)ccc21. The van der Waals surface area contributed by atoms with Crippen molar-refractivity contribution in [1.82, 2.24) is 0 Å². The summed E-state index contributed by atoms with van der Waals surface area (Å²) in [5.41, 5.74) is -0.423. The van der Waals surface area contributed by atoms with E-state index in [1.165, 1.54) is 0 Å².